The van der Waals surface area contributed by atoms with Crippen LogP contribution in [0, 0.1) is 13.8 Å². The highest BCUT2D eigenvalue weighted by Gasteiger charge is 2.15. The van der Waals surface area contributed by atoms with E-state index in [1.807, 2.05) is 13.8 Å². The zero-order valence-corrected chi connectivity index (χ0v) is 13.3. The van der Waals surface area contributed by atoms with E-state index in [1.54, 1.807) is 0 Å². The molecule has 1 unspecified atom stereocenters. The molecule has 1 nitrogen and oxygen atoms in total. The molecule has 0 spiro atoms. The smallest absolute Gasteiger partial charge is 0.105 e. The van der Waals surface area contributed by atoms with E-state index >= 15 is 0 Å². The largest absolute Gasteiger partial charge is 0.466 e. The number of halogens is 1. The Balaban J connectivity index is 1.95. The Kier molecular flexibility index (Phi) is 3.66. The van der Waals surface area contributed by atoms with Gasteiger partial charge in [-0.05, 0) is 42.7 Å². The van der Waals surface area contributed by atoms with Crippen LogP contribution < -0.4 is 0 Å². The fourth-order valence-electron chi connectivity index (χ4n) is 2.73. The predicted octanol–water partition coefficient (Wildman–Crippen LogP) is 5.73. The molecule has 0 aliphatic heterocycles. The first-order chi connectivity index (χ1) is 9.65. The van der Waals surface area contributed by atoms with Gasteiger partial charge in [-0.25, -0.2) is 0 Å². The Morgan fingerprint density at radius 1 is 1.05 bits per heavy atom. The molecular formula is C18H17BrO. The molecule has 3 aromatic rings. The second-order valence-corrected chi connectivity index (χ2v) is 6.28. The Bertz CT molecular complexity index is 737. The van der Waals surface area contributed by atoms with Crippen molar-refractivity contribution in [2.24, 2.45) is 0 Å². The van der Waals surface area contributed by atoms with E-state index in [9.17, 15) is 0 Å². The van der Waals surface area contributed by atoms with Crippen molar-refractivity contribution in [3.05, 3.63) is 71.2 Å². The lowest BCUT2D eigenvalue weighted by atomic mass is 9.98. The molecule has 2 heteroatoms. The SMILES string of the molecule is Cc1cc(C(Br)Cc2cccc3ccccc23)c(C)o1. The lowest BCUT2D eigenvalue weighted by Crippen LogP contribution is -1.96. The highest BCUT2D eigenvalue weighted by molar-refractivity contribution is 9.09. The van der Waals surface area contributed by atoms with Crippen LogP contribution in [-0.4, -0.2) is 0 Å². The molecule has 0 fully saturated rings. The van der Waals surface area contributed by atoms with Crippen molar-refractivity contribution < 1.29 is 4.42 Å². The summed E-state index contributed by atoms with van der Waals surface area (Å²) < 4.78 is 5.63. The molecule has 20 heavy (non-hydrogen) atoms. The van der Waals surface area contributed by atoms with Crippen molar-refractivity contribution in [3.63, 3.8) is 0 Å². The van der Waals surface area contributed by atoms with Gasteiger partial charge < -0.3 is 4.42 Å². The van der Waals surface area contributed by atoms with Crippen LogP contribution in [0.4, 0.5) is 0 Å². The summed E-state index contributed by atoms with van der Waals surface area (Å²) in [6, 6.07) is 17.2. The second kappa shape index (κ2) is 5.45. The van der Waals surface area contributed by atoms with Gasteiger partial charge in [0, 0.05) is 10.4 Å². The Morgan fingerprint density at radius 3 is 2.55 bits per heavy atom. The maximum absolute atomic E-state index is 5.63. The lowest BCUT2D eigenvalue weighted by molar-refractivity contribution is 0.501. The molecule has 0 aliphatic rings. The number of alkyl halides is 1. The predicted molar refractivity (Wildman–Crippen MR) is 87.5 cm³/mol. The van der Waals surface area contributed by atoms with Gasteiger partial charge in [0.2, 0.25) is 0 Å². The summed E-state index contributed by atoms with van der Waals surface area (Å²) in [5.41, 5.74) is 2.61. The van der Waals surface area contributed by atoms with Crippen LogP contribution >= 0.6 is 15.9 Å². The van der Waals surface area contributed by atoms with Crippen LogP contribution in [0.3, 0.4) is 0 Å². The quantitative estimate of drug-likeness (QED) is 0.559. The lowest BCUT2D eigenvalue weighted by Gasteiger charge is -2.11. The molecule has 3 rings (SSSR count). The summed E-state index contributed by atoms with van der Waals surface area (Å²) in [5.74, 6) is 1.98. The third kappa shape index (κ3) is 2.53. The van der Waals surface area contributed by atoms with E-state index in [4.69, 9.17) is 4.42 Å². The number of aryl methyl sites for hydroxylation is 2. The number of rotatable bonds is 3. The molecule has 102 valence electrons. The van der Waals surface area contributed by atoms with Crippen LogP contribution in [0.15, 0.2) is 52.9 Å². The van der Waals surface area contributed by atoms with E-state index in [-0.39, 0.29) is 4.83 Å². The summed E-state index contributed by atoms with van der Waals surface area (Å²) >= 11 is 3.81. The Hall–Kier alpha value is -1.54. The maximum Gasteiger partial charge on any atom is 0.105 e. The molecule has 0 radical (unpaired) electrons. The minimum absolute atomic E-state index is 0.283. The molecule has 0 amide bonds. The average molecular weight is 329 g/mol. The highest BCUT2D eigenvalue weighted by Crippen LogP contribution is 2.33. The molecule has 1 heterocycles. The van der Waals surface area contributed by atoms with Crippen molar-refractivity contribution in [1.29, 1.82) is 0 Å². The molecule has 0 aliphatic carbocycles. The van der Waals surface area contributed by atoms with E-state index in [0.29, 0.717) is 0 Å². The first-order valence-corrected chi connectivity index (χ1v) is 7.74. The van der Waals surface area contributed by atoms with E-state index in [0.717, 1.165) is 17.9 Å². The summed E-state index contributed by atoms with van der Waals surface area (Å²) in [4.78, 5) is 0.283. The van der Waals surface area contributed by atoms with Gasteiger partial charge in [0.05, 0.1) is 0 Å². The van der Waals surface area contributed by atoms with Crippen LogP contribution in [0.1, 0.15) is 27.5 Å². The van der Waals surface area contributed by atoms with Crippen molar-refractivity contribution >= 4 is 26.7 Å². The second-order valence-electron chi connectivity index (χ2n) is 5.18. The van der Waals surface area contributed by atoms with Crippen LogP contribution in [-0.2, 0) is 6.42 Å². The molecule has 0 saturated carbocycles. The topological polar surface area (TPSA) is 13.1 Å². The van der Waals surface area contributed by atoms with Crippen LogP contribution in [0.25, 0.3) is 10.8 Å². The van der Waals surface area contributed by atoms with E-state index in [1.165, 1.54) is 21.9 Å². The first kappa shape index (κ1) is 13.4. The Labute approximate surface area is 127 Å². The summed E-state index contributed by atoms with van der Waals surface area (Å²) in [5, 5.41) is 2.63. The van der Waals surface area contributed by atoms with E-state index in [2.05, 4.69) is 64.5 Å². The average Bonchev–Trinajstić information content (AvgIpc) is 2.78. The Morgan fingerprint density at radius 2 is 1.80 bits per heavy atom. The summed E-state index contributed by atoms with van der Waals surface area (Å²) in [6.07, 6.45) is 0.959. The van der Waals surface area contributed by atoms with Gasteiger partial charge in [-0.15, -0.1) is 0 Å². The fourth-order valence-corrected chi connectivity index (χ4v) is 3.54. The third-order valence-electron chi connectivity index (χ3n) is 3.70. The number of benzene rings is 2. The van der Waals surface area contributed by atoms with Gasteiger partial charge in [0.15, 0.2) is 0 Å². The van der Waals surface area contributed by atoms with Gasteiger partial charge >= 0.3 is 0 Å². The summed E-state index contributed by atoms with van der Waals surface area (Å²) in [7, 11) is 0. The normalized spacial score (nSPS) is 12.8. The van der Waals surface area contributed by atoms with Gasteiger partial charge in [-0.3, -0.25) is 0 Å². The molecule has 2 aromatic carbocycles. The minimum Gasteiger partial charge on any atom is -0.466 e. The van der Waals surface area contributed by atoms with Crippen molar-refractivity contribution in [3.8, 4) is 0 Å². The molecule has 1 atom stereocenters. The number of fused-ring (bicyclic) bond motifs is 1. The number of hydrogen-bond donors (Lipinski definition) is 0. The van der Waals surface area contributed by atoms with E-state index < -0.39 is 0 Å². The van der Waals surface area contributed by atoms with Crippen molar-refractivity contribution in [1.82, 2.24) is 0 Å². The maximum atomic E-state index is 5.63. The van der Waals surface area contributed by atoms with Gasteiger partial charge in [0.25, 0.3) is 0 Å². The molecule has 0 saturated heterocycles. The zero-order chi connectivity index (χ0) is 14.1. The summed E-state index contributed by atoms with van der Waals surface area (Å²) in [6.45, 7) is 4.02. The minimum atomic E-state index is 0.283. The third-order valence-corrected chi connectivity index (χ3v) is 4.51. The fraction of sp³-hybridized carbons (Fsp3) is 0.222. The monoisotopic (exact) mass is 328 g/mol. The number of hydrogen-bond acceptors (Lipinski definition) is 1. The van der Waals surface area contributed by atoms with Crippen LogP contribution in [0.5, 0.6) is 0 Å². The van der Waals surface area contributed by atoms with Gasteiger partial charge in [-0.1, -0.05) is 58.4 Å². The zero-order valence-electron chi connectivity index (χ0n) is 11.7. The van der Waals surface area contributed by atoms with Crippen molar-refractivity contribution in [2.75, 3.05) is 0 Å². The molecule has 0 N–H and O–H groups in total. The van der Waals surface area contributed by atoms with Gasteiger partial charge in [0.1, 0.15) is 11.5 Å². The van der Waals surface area contributed by atoms with Gasteiger partial charge in [-0.2, -0.15) is 0 Å². The van der Waals surface area contributed by atoms with Crippen molar-refractivity contribution in [2.45, 2.75) is 25.1 Å². The molecule has 1 aromatic heterocycles. The highest BCUT2D eigenvalue weighted by atomic mass is 79.9. The van der Waals surface area contributed by atoms with Crippen LogP contribution in [0.2, 0.25) is 0 Å². The molecular weight excluding hydrogens is 312 g/mol. The standard InChI is InChI=1S/C18H17BrO/c1-12-10-17(13(2)20-12)18(19)11-15-8-5-7-14-6-3-4-9-16(14)15/h3-10,18H,11H2,1-2H3. The first-order valence-electron chi connectivity index (χ1n) is 6.83. The molecule has 0 bridgehead atoms. The number of furan rings is 1.